The van der Waals surface area contributed by atoms with Crippen molar-refractivity contribution < 1.29 is 19.4 Å². The van der Waals surface area contributed by atoms with E-state index in [0.717, 1.165) is 33.6 Å². The van der Waals surface area contributed by atoms with Gasteiger partial charge < -0.3 is 15.2 Å². The minimum absolute atomic E-state index is 0.243. The van der Waals surface area contributed by atoms with Crippen LogP contribution in [0.15, 0.2) is 36.4 Å². The van der Waals surface area contributed by atoms with Crippen molar-refractivity contribution in [2.24, 2.45) is 0 Å². The molecule has 2 aromatic carbocycles. The molecule has 1 atom stereocenters. The number of carboxylic acids is 1. The maximum absolute atomic E-state index is 12.8. The molecule has 0 aliphatic carbocycles. The highest BCUT2D eigenvalue weighted by Crippen LogP contribution is 2.30. The topological polar surface area (TPSA) is 75.6 Å². The van der Waals surface area contributed by atoms with E-state index in [1.54, 1.807) is 18.9 Å². The number of fused-ring (bicyclic) bond motifs is 1. The van der Waals surface area contributed by atoms with Gasteiger partial charge in [-0.1, -0.05) is 24.3 Å². The average Bonchev–Trinajstić information content (AvgIpc) is 2.67. The smallest absolute Gasteiger partial charge is 0.329 e. The van der Waals surface area contributed by atoms with Crippen molar-refractivity contribution in [3.8, 4) is 5.75 Å². The Morgan fingerprint density at radius 3 is 2.46 bits per heavy atom. The van der Waals surface area contributed by atoms with Crippen LogP contribution in [0.25, 0.3) is 10.8 Å². The van der Waals surface area contributed by atoms with Crippen molar-refractivity contribution in [1.82, 2.24) is 5.32 Å². The van der Waals surface area contributed by atoms with E-state index in [1.807, 2.05) is 43.3 Å². The van der Waals surface area contributed by atoms with Crippen molar-refractivity contribution >= 4 is 34.4 Å². The largest absolute Gasteiger partial charge is 0.497 e. The predicted molar refractivity (Wildman–Crippen MR) is 104 cm³/mol. The lowest BCUT2D eigenvalue weighted by molar-refractivity contribution is -0.148. The SMILES string of the molecule is COc1ccc2cc(C(C)C(=O)NC3(C(=O)O)CCSCC3)ccc2c1. The number of nitrogens with one attached hydrogen (secondary N) is 1. The zero-order valence-electron chi connectivity index (χ0n) is 15.0. The number of rotatable bonds is 5. The van der Waals surface area contributed by atoms with E-state index in [-0.39, 0.29) is 5.91 Å². The number of methoxy groups -OCH3 is 1. The van der Waals surface area contributed by atoms with Gasteiger partial charge in [0.2, 0.25) is 5.91 Å². The maximum Gasteiger partial charge on any atom is 0.329 e. The molecule has 2 N–H and O–H groups in total. The van der Waals surface area contributed by atoms with Gasteiger partial charge in [-0.3, -0.25) is 4.79 Å². The molecule has 0 aromatic heterocycles. The van der Waals surface area contributed by atoms with Crippen LogP contribution in [0.2, 0.25) is 0 Å². The molecule has 0 spiro atoms. The maximum atomic E-state index is 12.8. The molecule has 26 heavy (non-hydrogen) atoms. The van der Waals surface area contributed by atoms with Crippen LogP contribution in [-0.2, 0) is 9.59 Å². The van der Waals surface area contributed by atoms with Crippen LogP contribution in [-0.4, -0.2) is 41.1 Å². The third kappa shape index (κ3) is 3.65. The molecule has 3 rings (SSSR count). The standard InChI is InChI=1S/C20H23NO4S/c1-13(18(22)21-20(19(23)24)7-9-26-10-8-20)14-3-4-16-12-17(25-2)6-5-15(16)11-14/h3-6,11-13H,7-10H2,1-2H3,(H,21,22)(H,23,24). The summed E-state index contributed by atoms with van der Waals surface area (Å²) < 4.78 is 5.23. The van der Waals surface area contributed by atoms with Crippen LogP contribution in [0.1, 0.15) is 31.2 Å². The summed E-state index contributed by atoms with van der Waals surface area (Å²) in [4.78, 5) is 24.5. The summed E-state index contributed by atoms with van der Waals surface area (Å²) in [7, 11) is 1.63. The molecule has 5 nitrogen and oxygen atoms in total. The molecule has 1 fully saturated rings. The molecular formula is C20H23NO4S. The van der Waals surface area contributed by atoms with Crippen molar-refractivity contribution in [3.63, 3.8) is 0 Å². The fourth-order valence-corrected chi connectivity index (χ4v) is 4.44. The first-order valence-electron chi connectivity index (χ1n) is 8.66. The van der Waals surface area contributed by atoms with Crippen molar-refractivity contribution in [3.05, 3.63) is 42.0 Å². The van der Waals surface area contributed by atoms with Gasteiger partial charge in [0.05, 0.1) is 13.0 Å². The van der Waals surface area contributed by atoms with Crippen LogP contribution in [0.3, 0.4) is 0 Å². The lowest BCUT2D eigenvalue weighted by Crippen LogP contribution is -2.57. The number of aliphatic carboxylic acids is 1. The molecule has 1 amide bonds. The fraction of sp³-hybridized carbons (Fsp3) is 0.400. The van der Waals surface area contributed by atoms with Gasteiger partial charge in [-0.05, 0) is 59.7 Å². The van der Waals surface area contributed by atoms with Crippen LogP contribution < -0.4 is 10.1 Å². The quantitative estimate of drug-likeness (QED) is 0.840. The molecule has 1 saturated heterocycles. The highest BCUT2D eigenvalue weighted by atomic mass is 32.2. The lowest BCUT2D eigenvalue weighted by Gasteiger charge is -2.34. The van der Waals surface area contributed by atoms with Gasteiger partial charge in [-0.2, -0.15) is 11.8 Å². The van der Waals surface area contributed by atoms with Crippen LogP contribution in [0.5, 0.6) is 5.75 Å². The third-order valence-electron chi connectivity index (χ3n) is 5.08. The highest BCUT2D eigenvalue weighted by Gasteiger charge is 2.42. The van der Waals surface area contributed by atoms with E-state index in [2.05, 4.69) is 5.32 Å². The molecule has 1 aliphatic heterocycles. The van der Waals surface area contributed by atoms with Crippen molar-refractivity contribution in [2.75, 3.05) is 18.6 Å². The molecule has 0 bridgehead atoms. The van der Waals surface area contributed by atoms with Gasteiger partial charge >= 0.3 is 5.97 Å². The van der Waals surface area contributed by atoms with Crippen molar-refractivity contribution in [1.29, 1.82) is 0 Å². The van der Waals surface area contributed by atoms with E-state index >= 15 is 0 Å². The number of amides is 1. The molecule has 1 heterocycles. The summed E-state index contributed by atoms with van der Waals surface area (Å²) in [6.07, 6.45) is 0.923. The average molecular weight is 373 g/mol. The number of carbonyl (C=O) groups is 2. The Bertz CT molecular complexity index is 830. The lowest BCUT2D eigenvalue weighted by atomic mass is 9.90. The monoisotopic (exact) mass is 373 g/mol. The Hall–Kier alpha value is -2.21. The van der Waals surface area contributed by atoms with Crippen molar-refractivity contribution in [2.45, 2.75) is 31.2 Å². The van der Waals surface area contributed by atoms with E-state index in [4.69, 9.17) is 4.74 Å². The van der Waals surface area contributed by atoms with Gasteiger partial charge in [-0.15, -0.1) is 0 Å². The van der Waals surface area contributed by atoms with Gasteiger partial charge in [0.25, 0.3) is 0 Å². The van der Waals surface area contributed by atoms with E-state index in [1.165, 1.54) is 0 Å². The van der Waals surface area contributed by atoms with E-state index in [0.29, 0.717) is 12.8 Å². The predicted octanol–water partition coefficient (Wildman–Crippen LogP) is 3.42. The zero-order chi connectivity index (χ0) is 18.7. The van der Waals surface area contributed by atoms with Gasteiger partial charge in [0.1, 0.15) is 11.3 Å². The summed E-state index contributed by atoms with van der Waals surface area (Å²) >= 11 is 1.73. The number of ether oxygens (including phenoxy) is 1. The van der Waals surface area contributed by atoms with Gasteiger partial charge in [-0.25, -0.2) is 4.79 Å². The first kappa shape index (κ1) is 18.6. The minimum atomic E-state index is -1.14. The number of hydrogen-bond donors (Lipinski definition) is 2. The Morgan fingerprint density at radius 2 is 1.81 bits per heavy atom. The second kappa shape index (κ2) is 7.58. The number of carbonyl (C=O) groups excluding carboxylic acids is 1. The summed E-state index contributed by atoms with van der Waals surface area (Å²) in [5, 5.41) is 14.5. The Kier molecular flexibility index (Phi) is 5.41. The Morgan fingerprint density at radius 1 is 1.15 bits per heavy atom. The molecule has 2 aromatic rings. The highest BCUT2D eigenvalue weighted by molar-refractivity contribution is 7.99. The van der Waals surface area contributed by atoms with Crippen LogP contribution in [0, 0.1) is 0 Å². The second-order valence-electron chi connectivity index (χ2n) is 6.68. The first-order valence-corrected chi connectivity index (χ1v) is 9.81. The first-order chi connectivity index (χ1) is 12.4. The number of carboxylic acid groups (broad SMARTS) is 1. The molecule has 0 radical (unpaired) electrons. The summed E-state index contributed by atoms with van der Waals surface area (Å²) in [5.74, 6) is 0.676. The summed E-state index contributed by atoms with van der Waals surface area (Å²) in [6, 6.07) is 11.6. The molecule has 0 saturated carbocycles. The van der Waals surface area contributed by atoms with E-state index in [9.17, 15) is 14.7 Å². The number of thioether (sulfide) groups is 1. The second-order valence-corrected chi connectivity index (χ2v) is 7.91. The summed E-state index contributed by atoms with van der Waals surface area (Å²) in [5.41, 5.74) is -0.272. The number of benzene rings is 2. The van der Waals surface area contributed by atoms with E-state index < -0.39 is 17.4 Å². The van der Waals surface area contributed by atoms with Gasteiger partial charge in [0, 0.05) is 0 Å². The summed E-state index contributed by atoms with van der Waals surface area (Å²) in [6.45, 7) is 1.81. The third-order valence-corrected chi connectivity index (χ3v) is 6.07. The molecule has 1 aliphatic rings. The Balaban J connectivity index is 1.81. The molecule has 1 unspecified atom stereocenters. The Labute approximate surface area is 157 Å². The van der Waals surface area contributed by atoms with Crippen LogP contribution >= 0.6 is 11.8 Å². The normalized spacial score (nSPS) is 17.5. The minimum Gasteiger partial charge on any atom is -0.497 e. The van der Waals surface area contributed by atoms with Gasteiger partial charge in [0.15, 0.2) is 0 Å². The molecular weight excluding hydrogens is 350 g/mol. The molecule has 138 valence electrons. The fourth-order valence-electron chi connectivity index (χ4n) is 3.25. The molecule has 6 heteroatoms. The van der Waals surface area contributed by atoms with Crippen LogP contribution in [0.4, 0.5) is 0 Å². The number of hydrogen-bond acceptors (Lipinski definition) is 4. The zero-order valence-corrected chi connectivity index (χ0v) is 15.8.